The molecule has 0 fully saturated rings. The maximum atomic E-state index is 11.9. The van der Waals surface area contributed by atoms with Crippen LogP contribution in [0.25, 0.3) is 0 Å². The van der Waals surface area contributed by atoms with Crippen LogP contribution < -0.4 is 20.5 Å². The lowest BCUT2D eigenvalue weighted by atomic mass is 10.1. The number of benzene rings is 1. The van der Waals surface area contributed by atoms with Crippen molar-refractivity contribution in [3.05, 3.63) is 23.8 Å². The Balaban J connectivity index is 2.71. The number of rotatable bonds is 6. The van der Waals surface area contributed by atoms with Gasteiger partial charge in [0.2, 0.25) is 5.91 Å². The van der Waals surface area contributed by atoms with Crippen LogP contribution in [0.15, 0.2) is 23.2 Å². The first-order chi connectivity index (χ1) is 10.4. The molecule has 0 saturated carbocycles. The Morgan fingerprint density at radius 3 is 2.45 bits per heavy atom. The van der Waals surface area contributed by atoms with Crippen molar-refractivity contribution >= 4 is 17.6 Å². The Morgan fingerprint density at radius 2 is 1.91 bits per heavy atom. The van der Waals surface area contributed by atoms with E-state index < -0.39 is 6.04 Å². The molecule has 1 rings (SSSR count). The van der Waals surface area contributed by atoms with E-state index in [1.807, 2.05) is 0 Å². The fourth-order valence-electron chi connectivity index (χ4n) is 1.69. The first-order valence-corrected chi connectivity index (χ1v) is 6.71. The van der Waals surface area contributed by atoms with Gasteiger partial charge in [-0.1, -0.05) is 6.07 Å². The zero-order chi connectivity index (χ0) is 16.7. The zero-order valence-electron chi connectivity index (χ0n) is 13.2. The Labute approximate surface area is 129 Å². The van der Waals surface area contributed by atoms with Crippen molar-refractivity contribution in [1.29, 1.82) is 0 Å². The van der Waals surface area contributed by atoms with Crippen LogP contribution in [0.3, 0.4) is 0 Å². The first-order valence-electron chi connectivity index (χ1n) is 6.71. The molecule has 1 atom stereocenters. The van der Waals surface area contributed by atoms with Gasteiger partial charge in [-0.05, 0) is 31.5 Å². The average molecular weight is 307 g/mol. The number of Topliss-reactive ketones (excluding diaryl/α,β-unsaturated/α-hetero) is 1. The van der Waals surface area contributed by atoms with Crippen LogP contribution in [-0.4, -0.2) is 37.9 Å². The van der Waals surface area contributed by atoms with Gasteiger partial charge in [0, 0.05) is 0 Å². The molecule has 0 bridgehead atoms. The number of aliphatic imine (C=N–C) groups is 1. The minimum absolute atomic E-state index is 0.0758. The van der Waals surface area contributed by atoms with E-state index in [0.29, 0.717) is 11.5 Å². The summed E-state index contributed by atoms with van der Waals surface area (Å²) in [6, 6.07) is 4.61. The van der Waals surface area contributed by atoms with Crippen LogP contribution in [-0.2, 0) is 16.0 Å². The Hall–Kier alpha value is -2.57. The summed E-state index contributed by atoms with van der Waals surface area (Å²) < 4.78 is 10.3. The molecule has 0 saturated heterocycles. The molecular formula is C15H21N3O4. The number of guanidine groups is 1. The summed E-state index contributed by atoms with van der Waals surface area (Å²) in [6.07, 6.45) is 0.102. The fourth-order valence-corrected chi connectivity index (χ4v) is 1.69. The standard InChI is InChI=1S/C15H21N3O4/c1-9(10(2)19)17-15(16)18-14(20)8-11-5-6-12(21-3)13(7-11)22-4/h5-7,9H,8H2,1-4H3,(H3,16,17,18,20)/t9-/m1/s1. The summed E-state index contributed by atoms with van der Waals surface area (Å²) in [7, 11) is 3.06. The SMILES string of the molecule is COc1ccc(CC(=O)NC(N)=N[C@H](C)C(C)=O)cc1OC. The number of amides is 1. The number of nitrogens with one attached hydrogen (secondary N) is 1. The number of hydrogen-bond donors (Lipinski definition) is 2. The van der Waals surface area contributed by atoms with E-state index in [-0.39, 0.29) is 24.1 Å². The van der Waals surface area contributed by atoms with Gasteiger partial charge in [-0.3, -0.25) is 14.9 Å². The number of hydrogen-bond acceptors (Lipinski definition) is 5. The molecule has 0 heterocycles. The van der Waals surface area contributed by atoms with Crippen molar-refractivity contribution < 1.29 is 19.1 Å². The van der Waals surface area contributed by atoms with E-state index in [4.69, 9.17) is 15.2 Å². The summed E-state index contributed by atoms with van der Waals surface area (Å²) in [6.45, 7) is 3.02. The van der Waals surface area contributed by atoms with E-state index in [9.17, 15) is 9.59 Å². The van der Waals surface area contributed by atoms with Crippen LogP contribution in [0.4, 0.5) is 0 Å². The fraction of sp³-hybridized carbons (Fsp3) is 0.400. The molecule has 0 aliphatic carbocycles. The van der Waals surface area contributed by atoms with Crippen molar-refractivity contribution in [2.24, 2.45) is 10.7 Å². The van der Waals surface area contributed by atoms with E-state index >= 15 is 0 Å². The second-order valence-electron chi connectivity index (χ2n) is 4.72. The van der Waals surface area contributed by atoms with Crippen LogP contribution in [0.2, 0.25) is 0 Å². The summed E-state index contributed by atoms with van der Waals surface area (Å²) in [5, 5.41) is 2.44. The number of ketones is 1. The van der Waals surface area contributed by atoms with Crippen LogP contribution in [0.5, 0.6) is 11.5 Å². The predicted octanol–water partition coefficient (Wildman–Crippen LogP) is 0.655. The molecule has 1 amide bonds. The van der Waals surface area contributed by atoms with Gasteiger partial charge in [-0.15, -0.1) is 0 Å². The highest BCUT2D eigenvalue weighted by atomic mass is 16.5. The van der Waals surface area contributed by atoms with Gasteiger partial charge in [0.15, 0.2) is 23.2 Å². The van der Waals surface area contributed by atoms with E-state index in [2.05, 4.69) is 10.3 Å². The summed E-state index contributed by atoms with van der Waals surface area (Å²) >= 11 is 0. The number of carbonyl (C=O) groups excluding carboxylic acids is 2. The zero-order valence-corrected chi connectivity index (χ0v) is 13.2. The first kappa shape index (κ1) is 17.5. The number of methoxy groups -OCH3 is 2. The Kier molecular flexibility index (Phi) is 6.37. The van der Waals surface area contributed by atoms with Crippen LogP contribution in [0.1, 0.15) is 19.4 Å². The number of nitrogens with two attached hydrogens (primary N) is 1. The molecule has 7 nitrogen and oxygen atoms in total. The van der Waals surface area contributed by atoms with E-state index in [0.717, 1.165) is 5.56 Å². The highest BCUT2D eigenvalue weighted by Crippen LogP contribution is 2.27. The molecule has 7 heteroatoms. The van der Waals surface area contributed by atoms with Crippen molar-refractivity contribution in [2.45, 2.75) is 26.3 Å². The van der Waals surface area contributed by atoms with Crippen molar-refractivity contribution in [2.75, 3.05) is 14.2 Å². The van der Waals surface area contributed by atoms with Crippen molar-refractivity contribution in [1.82, 2.24) is 5.32 Å². The lowest BCUT2D eigenvalue weighted by molar-refractivity contribution is -0.119. The van der Waals surface area contributed by atoms with Crippen LogP contribution >= 0.6 is 0 Å². The molecule has 1 aromatic carbocycles. The number of ether oxygens (including phenoxy) is 2. The molecule has 1 aromatic rings. The van der Waals surface area contributed by atoms with Gasteiger partial charge in [0.05, 0.1) is 20.6 Å². The molecule has 0 aromatic heterocycles. The van der Waals surface area contributed by atoms with Gasteiger partial charge in [-0.2, -0.15) is 0 Å². The topological polar surface area (TPSA) is 103 Å². The van der Waals surface area contributed by atoms with E-state index in [1.165, 1.54) is 21.1 Å². The van der Waals surface area contributed by atoms with E-state index in [1.54, 1.807) is 25.1 Å². The molecule has 0 aliphatic heterocycles. The molecule has 120 valence electrons. The molecule has 0 radical (unpaired) electrons. The van der Waals surface area contributed by atoms with Crippen molar-refractivity contribution in [3.63, 3.8) is 0 Å². The molecule has 3 N–H and O–H groups in total. The second kappa shape index (κ2) is 8.02. The highest BCUT2D eigenvalue weighted by molar-refractivity contribution is 5.98. The third-order valence-corrected chi connectivity index (χ3v) is 3.00. The molecule has 0 aliphatic rings. The Bertz CT molecular complexity index is 584. The predicted molar refractivity (Wildman–Crippen MR) is 83.2 cm³/mol. The molecule has 0 spiro atoms. The second-order valence-corrected chi connectivity index (χ2v) is 4.72. The maximum absolute atomic E-state index is 11.9. The van der Waals surface area contributed by atoms with Crippen LogP contribution in [0, 0.1) is 0 Å². The average Bonchev–Trinajstić information content (AvgIpc) is 2.46. The lowest BCUT2D eigenvalue weighted by Gasteiger charge is -2.10. The smallest absolute Gasteiger partial charge is 0.231 e. The third-order valence-electron chi connectivity index (χ3n) is 3.00. The number of nitrogens with zero attached hydrogens (tertiary/aromatic N) is 1. The van der Waals surface area contributed by atoms with Gasteiger partial charge in [-0.25, -0.2) is 4.99 Å². The summed E-state index contributed by atoms with van der Waals surface area (Å²) in [5.41, 5.74) is 6.33. The largest absolute Gasteiger partial charge is 0.493 e. The Morgan fingerprint density at radius 1 is 1.27 bits per heavy atom. The quantitative estimate of drug-likeness (QED) is 0.593. The molecular weight excluding hydrogens is 286 g/mol. The minimum atomic E-state index is -0.582. The maximum Gasteiger partial charge on any atom is 0.231 e. The number of carbonyl (C=O) groups is 2. The lowest BCUT2D eigenvalue weighted by Crippen LogP contribution is -2.39. The normalized spacial score (nSPS) is 12.5. The van der Waals surface area contributed by atoms with Crippen molar-refractivity contribution in [3.8, 4) is 11.5 Å². The molecule has 22 heavy (non-hydrogen) atoms. The molecule has 0 unspecified atom stereocenters. The van der Waals surface area contributed by atoms with Gasteiger partial charge < -0.3 is 15.2 Å². The van der Waals surface area contributed by atoms with Gasteiger partial charge in [0.25, 0.3) is 0 Å². The third kappa shape index (κ3) is 5.08. The summed E-state index contributed by atoms with van der Waals surface area (Å²) in [4.78, 5) is 26.9. The monoisotopic (exact) mass is 307 g/mol. The summed E-state index contributed by atoms with van der Waals surface area (Å²) in [5.74, 6) is 0.595. The van der Waals surface area contributed by atoms with Gasteiger partial charge >= 0.3 is 0 Å². The minimum Gasteiger partial charge on any atom is -0.493 e. The van der Waals surface area contributed by atoms with Gasteiger partial charge in [0.1, 0.15) is 6.04 Å². The highest BCUT2D eigenvalue weighted by Gasteiger charge is 2.11.